The molecule has 24 heavy (non-hydrogen) atoms. The second-order valence-electron chi connectivity index (χ2n) is 5.84. The summed E-state index contributed by atoms with van der Waals surface area (Å²) in [6.07, 6.45) is 2.83. The Kier molecular flexibility index (Phi) is 4.76. The van der Waals surface area contributed by atoms with Gasteiger partial charge in [-0.3, -0.25) is 4.79 Å². The summed E-state index contributed by atoms with van der Waals surface area (Å²) in [4.78, 5) is 16.8. The van der Waals surface area contributed by atoms with E-state index in [2.05, 4.69) is 15.6 Å². The summed E-state index contributed by atoms with van der Waals surface area (Å²) >= 11 is 0. The van der Waals surface area contributed by atoms with Gasteiger partial charge in [-0.2, -0.15) is 0 Å². The van der Waals surface area contributed by atoms with Crippen LogP contribution in [0.15, 0.2) is 42.6 Å². The molecule has 5 nitrogen and oxygen atoms in total. The van der Waals surface area contributed by atoms with E-state index in [1.807, 2.05) is 0 Å². The fourth-order valence-corrected chi connectivity index (χ4v) is 2.94. The number of amides is 1. The van der Waals surface area contributed by atoms with E-state index in [0.29, 0.717) is 37.4 Å². The van der Waals surface area contributed by atoms with Gasteiger partial charge in [0.2, 0.25) is 0 Å². The molecule has 0 saturated carbocycles. The van der Waals surface area contributed by atoms with Crippen molar-refractivity contribution < 1.29 is 13.9 Å². The second kappa shape index (κ2) is 6.97. The van der Waals surface area contributed by atoms with E-state index in [0.717, 1.165) is 5.56 Å². The SMILES string of the molecule is CNc1ccc(C(=O)NC2(c3ccc(F)cc3)CCOCC2)cn1. The number of benzene rings is 1. The van der Waals surface area contributed by atoms with Crippen molar-refractivity contribution in [1.29, 1.82) is 0 Å². The topological polar surface area (TPSA) is 63.2 Å². The number of carbonyl (C=O) groups is 1. The Labute approximate surface area is 140 Å². The van der Waals surface area contributed by atoms with Crippen LogP contribution in [-0.4, -0.2) is 31.2 Å². The van der Waals surface area contributed by atoms with Crippen molar-refractivity contribution in [2.45, 2.75) is 18.4 Å². The molecule has 6 heteroatoms. The number of hydrogen-bond donors (Lipinski definition) is 2. The smallest absolute Gasteiger partial charge is 0.253 e. The maximum absolute atomic E-state index is 13.3. The predicted molar refractivity (Wildman–Crippen MR) is 89.4 cm³/mol. The molecule has 1 aliphatic rings. The van der Waals surface area contributed by atoms with Gasteiger partial charge in [0.05, 0.1) is 11.1 Å². The number of ether oxygens (including phenoxy) is 1. The van der Waals surface area contributed by atoms with Crippen molar-refractivity contribution in [3.63, 3.8) is 0 Å². The number of halogens is 1. The predicted octanol–water partition coefficient (Wildman–Crippen LogP) is 2.70. The highest BCUT2D eigenvalue weighted by Crippen LogP contribution is 2.32. The first-order chi connectivity index (χ1) is 11.6. The zero-order valence-electron chi connectivity index (χ0n) is 13.5. The van der Waals surface area contributed by atoms with Crippen molar-refractivity contribution >= 4 is 11.7 Å². The molecule has 3 rings (SSSR count). The van der Waals surface area contributed by atoms with Crippen LogP contribution in [0.4, 0.5) is 10.2 Å². The van der Waals surface area contributed by atoms with E-state index in [-0.39, 0.29) is 11.7 Å². The van der Waals surface area contributed by atoms with E-state index in [9.17, 15) is 9.18 Å². The van der Waals surface area contributed by atoms with Crippen LogP contribution in [0, 0.1) is 5.82 Å². The minimum atomic E-state index is -0.551. The van der Waals surface area contributed by atoms with Gasteiger partial charge in [-0.05, 0) is 42.7 Å². The van der Waals surface area contributed by atoms with Gasteiger partial charge >= 0.3 is 0 Å². The van der Waals surface area contributed by atoms with Crippen LogP contribution < -0.4 is 10.6 Å². The van der Waals surface area contributed by atoms with Crippen LogP contribution in [0.2, 0.25) is 0 Å². The van der Waals surface area contributed by atoms with E-state index in [1.54, 1.807) is 37.5 Å². The van der Waals surface area contributed by atoms with Crippen LogP contribution in [0.3, 0.4) is 0 Å². The fourth-order valence-electron chi connectivity index (χ4n) is 2.94. The first-order valence-corrected chi connectivity index (χ1v) is 7.93. The third kappa shape index (κ3) is 3.38. The van der Waals surface area contributed by atoms with E-state index in [4.69, 9.17) is 4.74 Å². The summed E-state index contributed by atoms with van der Waals surface area (Å²) < 4.78 is 18.7. The summed E-state index contributed by atoms with van der Waals surface area (Å²) in [5, 5.41) is 6.04. The average Bonchev–Trinajstić information content (AvgIpc) is 2.63. The number of anilines is 1. The second-order valence-corrected chi connectivity index (χ2v) is 5.84. The number of rotatable bonds is 4. The molecule has 1 amide bonds. The molecular formula is C18H20FN3O2. The molecule has 0 aliphatic carbocycles. The van der Waals surface area contributed by atoms with Crippen molar-refractivity contribution in [3.8, 4) is 0 Å². The molecule has 1 saturated heterocycles. The molecular weight excluding hydrogens is 309 g/mol. The standard InChI is InChI=1S/C18H20FN3O2/c1-20-16-7-2-13(12-21-16)17(23)22-18(8-10-24-11-9-18)14-3-5-15(19)6-4-14/h2-7,12H,8-11H2,1H3,(H,20,21)(H,22,23). The first kappa shape index (κ1) is 16.4. The Morgan fingerprint density at radius 3 is 2.46 bits per heavy atom. The van der Waals surface area contributed by atoms with Crippen LogP contribution in [0.5, 0.6) is 0 Å². The Hall–Kier alpha value is -2.47. The normalized spacial score (nSPS) is 16.4. The third-order valence-electron chi connectivity index (χ3n) is 4.38. The maximum atomic E-state index is 13.3. The molecule has 126 valence electrons. The van der Waals surface area contributed by atoms with Crippen molar-refractivity contribution in [1.82, 2.24) is 10.3 Å². The molecule has 1 fully saturated rings. The van der Waals surface area contributed by atoms with E-state index >= 15 is 0 Å². The summed E-state index contributed by atoms with van der Waals surface area (Å²) in [7, 11) is 1.77. The van der Waals surface area contributed by atoms with Crippen LogP contribution in [0.1, 0.15) is 28.8 Å². The minimum Gasteiger partial charge on any atom is -0.381 e. The Morgan fingerprint density at radius 2 is 1.88 bits per heavy atom. The highest BCUT2D eigenvalue weighted by molar-refractivity contribution is 5.94. The molecule has 1 aromatic carbocycles. The van der Waals surface area contributed by atoms with Crippen LogP contribution in [-0.2, 0) is 10.3 Å². The number of carbonyl (C=O) groups excluding carboxylic acids is 1. The van der Waals surface area contributed by atoms with Gasteiger partial charge in [0.1, 0.15) is 11.6 Å². The zero-order valence-corrected chi connectivity index (χ0v) is 13.5. The zero-order chi connectivity index (χ0) is 17.0. The lowest BCUT2D eigenvalue weighted by atomic mass is 9.82. The Bertz CT molecular complexity index is 695. The van der Waals surface area contributed by atoms with Crippen molar-refractivity contribution in [2.75, 3.05) is 25.6 Å². The number of pyridine rings is 1. The highest BCUT2D eigenvalue weighted by Gasteiger charge is 2.36. The lowest BCUT2D eigenvalue weighted by Crippen LogP contribution is -2.49. The molecule has 2 N–H and O–H groups in total. The summed E-state index contributed by atoms with van der Waals surface area (Å²) in [6.45, 7) is 1.10. The van der Waals surface area contributed by atoms with E-state index < -0.39 is 5.54 Å². The molecule has 1 aliphatic heterocycles. The van der Waals surface area contributed by atoms with Gasteiger partial charge in [0.15, 0.2) is 0 Å². The summed E-state index contributed by atoms with van der Waals surface area (Å²) in [5.74, 6) is 0.210. The molecule has 0 spiro atoms. The quantitative estimate of drug-likeness (QED) is 0.905. The molecule has 0 unspecified atom stereocenters. The lowest BCUT2D eigenvalue weighted by Gasteiger charge is -2.38. The van der Waals surface area contributed by atoms with E-state index in [1.165, 1.54) is 12.1 Å². The molecule has 0 bridgehead atoms. The van der Waals surface area contributed by atoms with Crippen molar-refractivity contribution in [2.24, 2.45) is 0 Å². The van der Waals surface area contributed by atoms with Gasteiger partial charge in [-0.1, -0.05) is 12.1 Å². The first-order valence-electron chi connectivity index (χ1n) is 7.93. The maximum Gasteiger partial charge on any atom is 0.253 e. The van der Waals surface area contributed by atoms with Gasteiger partial charge < -0.3 is 15.4 Å². The molecule has 0 atom stereocenters. The molecule has 0 radical (unpaired) electrons. The molecule has 2 heterocycles. The van der Waals surface area contributed by atoms with Gasteiger partial charge in [-0.15, -0.1) is 0 Å². The van der Waals surface area contributed by atoms with Gasteiger partial charge in [-0.25, -0.2) is 9.37 Å². The largest absolute Gasteiger partial charge is 0.381 e. The van der Waals surface area contributed by atoms with Crippen LogP contribution >= 0.6 is 0 Å². The third-order valence-corrected chi connectivity index (χ3v) is 4.38. The minimum absolute atomic E-state index is 0.198. The monoisotopic (exact) mass is 329 g/mol. The number of nitrogens with zero attached hydrogens (tertiary/aromatic N) is 1. The summed E-state index contributed by atoms with van der Waals surface area (Å²) in [5.41, 5.74) is 0.826. The van der Waals surface area contributed by atoms with Crippen molar-refractivity contribution in [3.05, 3.63) is 59.5 Å². The van der Waals surface area contributed by atoms with Crippen LogP contribution in [0.25, 0.3) is 0 Å². The Balaban J connectivity index is 1.86. The number of nitrogens with one attached hydrogen (secondary N) is 2. The summed E-state index contributed by atoms with van der Waals surface area (Å²) in [6, 6.07) is 9.77. The molecule has 1 aromatic heterocycles. The lowest BCUT2D eigenvalue weighted by molar-refractivity contribution is 0.0345. The van der Waals surface area contributed by atoms with Gasteiger partial charge in [0, 0.05) is 26.5 Å². The fraction of sp³-hybridized carbons (Fsp3) is 0.333. The van der Waals surface area contributed by atoms with Gasteiger partial charge in [0.25, 0.3) is 5.91 Å². The Morgan fingerprint density at radius 1 is 1.17 bits per heavy atom. The molecule has 2 aromatic rings. The highest BCUT2D eigenvalue weighted by atomic mass is 19.1. The average molecular weight is 329 g/mol. The number of aromatic nitrogens is 1. The number of hydrogen-bond acceptors (Lipinski definition) is 4.